The Hall–Kier alpha value is -2.06. The predicted octanol–water partition coefficient (Wildman–Crippen LogP) is 1.71. The van der Waals surface area contributed by atoms with Gasteiger partial charge in [-0.05, 0) is 31.4 Å². The normalized spacial score (nSPS) is 18.7. The molecule has 0 bridgehead atoms. The quantitative estimate of drug-likeness (QED) is 0.889. The minimum absolute atomic E-state index is 0.159. The second kappa shape index (κ2) is 7.01. The molecule has 2 N–H and O–H groups in total. The largest absolute Gasteiger partial charge is 0.297 e. The number of carbonyl (C=O) groups excluding carboxylic acids is 1. The molecule has 0 aromatic carbocycles. The van der Waals surface area contributed by atoms with Crippen LogP contribution in [0.2, 0.25) is 0 Å². The lowest BCUT2D eigenvalue weighted by Crippen LogP contribution is -2.33. The van der Waals surface area contributed by atoms with E-state index in [1.807, 2.05) is 5.38 Å². The maximum Gasteiger partial charge on any atom is 0.277 e. The average molecular weight is 333 g/mol. The van der Waals surface area contributed by atoms with Gasteiger partial charge in [0.15, 0.2) is 5.13 Å². The van der Waals surface area contributed by atoms with E-state index in [9.17, 15) is 9.59 Å². The van der Waals surface area contributed by atoms with Gasteiger partial charge < -0.3 is 0 Å². The number of hydrogen-bond acceptors (Lipinski definition) is 6. The van der Waals surface area contributed by atoms with Crippen LogP contribution in [0, 0.1) is 5.92 Å². The molecule has 1 saturated heterocycles. The number of hydrogen-bond donors (Lipinski definition) is 2. The van der Waals surface area contributed by atoms with E-state index in [-0.39, 0.29) is 17.2 Å². The molecule has 1 fully saturated rings. The van der Waals surface area contributed by atoms with Crippen LogP contribution >= 0.6 is 11.3 Å². The molecule has 1 unspecified atom stereocenters. The van der Waals surface area contributed by atoms with Crippen LogP contribution in [-0.2, 0) is 6.54 Å². The number of anilines is 1. The Morgan fingerprint density at radius 1 is 1.52 bits per heavy atom. The van der Waals surface area contributed by atoms with Crippen molar-refractivity contribution in [2.75, 3.05) is 18.4 Å². The van der Waals surface area contributed by atoms with Gasteiger partial charge in [-0.15, -0.1) is 11.3 Å². The van der Waals surface area contributed by atoms with E-state index in [1.165, 1.54) is 36.3 Å². The molecule has 2 aromatic rings. The van der Waals surface area contributed by atoms with Gasteiger partial charge in [-0.3, -0.25) is 19.8 Å². The summed E-state index contributed by atoms with van der Waals surface area (Å²) in [5.41, 5.74) is 0.786. The Balaban J connectivity index is 1.59. The number of amides is 1. The second-order valence-corrected chi connectivity index (χ2v) is 6.75. The van der Waals surface area contributed by atoms with Crippen molar-refractivity contribution in [3.63, 3.8) is 0 Å². The van der Waals surface area contributed by atoms with E-state index >= 15 is 0 Å². The van der Waals surface area contributed by atoms with Gasteiger partial charge in [-0.1, -0.05) is 6.92 Å². The zero-order valence-electron chi connectivity index (χ0n) is 12.9. The maximum atomic E-state index is 12.0. The van der Waals surface area contributed by atoms with Crippen molar-refractivity contribution in [3.8, 4) is 0 Å². The molecule has 7 nitrogen and oxygen atoms in total. The minimum Gasteiger partial charge on any atom is -0.297 e. The van der Waals surface area contributed by atoms with Crippen LogP contribution in [0.15, 0.2) is 22.3 Å². The molecule has 0 saturated carbocycles. The Kier molecular flexibility index (Phi) is 4.82. The lowest BCUT2D eigenvalue weighted by Gasteiger charge is -2.30. The molecule has 0 radical (unpaired) electrons. The van der Waals surface area contributed by atoms with Crippen molar-refractivity contribution in [2.24, 2.45) is 5.92 Å². The first kappa shape index (κ1) is 15.8. The third-order valence-corrected chi connectivity index (χ3v) is 4.62. The molecule has 1 aliphatic rings. The second-order valence-electron chi connectivity index (χ2n) is 5.89. The van der Waals surface area contributed by atoms with E-state index in [2.05, 4.69) is 32.3 Å². The smallest absolute Gasteiger partial charge is 0.277 e. The van der Waals surface area contributed by atoms with Crippen LogP contribution in [-0.4, -0.2) is 39.1 Å². The van der Waals surface area contributed by atoms with E-state index in [0.29, 0.717) is 5.13 Å². The molecule has 8 heteroatoms. The lowest BCUT2D eigenvalue weighted by atomic mass is 10.0. The summed E-state index contributed by atoms with van der Waals surface area (Å²) in [6, 6.07) is 2.66. The number of H-pyrrole nitrogens is 1. The van der Waals surface area contributed by atoms with E-state index in [0.717, 1.165) is 31.2 Å². The average Bonchev–Trinajstić information content (AvgIpc) is 2.95. The summed E-state index contributed by atoms with van der Waals surface area (Å²) < 4.78 is 0. The molecule has 3 heterocycles. The first-order valence-corrected chi connectivity index (χ1v) is 8.52. The number of likely N-dealkylation sites (tertiary alicyclic amines) is 1. The van der Waals surface area contributed by atoms with Gasteiger partial charge in [0.1, 0.15) is 5.69 Å². The Labute approximate surface area is 137 Å². The third kappa shape index (κ3) is 4.23. The monoisotopic (exact) mass is 333 g/mol. The van der Waals surface area contributed by atoms with Gasteiger partial charge in [0, 0.05) is 24.5 Å². The number of aromatic nitrogens is 3. The molecule has 23 heavy (non-hydrogen) atoms. The Morgan fingerprint density at radius 3 is 3.13 bits per heavy atom. The number of carbonyl (C=O) groups is 1. The fourth-order valence-electron chi connectivity index (χ4n) is 2.73. The van der Waals surface area contributed by atoms with Crippen LogP contribution < -0.4 is 10.9 Å². The highest BCUT2D eigenvalue weighted by Crippen LogP contribution is 2.21. The summed E-state index contributed by atoms with van der Waals surface area (Å²) >= 11 is 1.40. The molecule has 0 aliphatic carbocycles. The molecular weight excluding hydrogens is 314 g/mol. The van der Waals surface area contributed by atoms with Crippen LogP contribution in [0.25, 0.3) is 0 Å². The summed E-state index contributed by atoms with van der Waals surface area (Å²) in [7, 11) is 0. The summed E-state index contributed by atoms with van der Waals surface area (Å²) in [4.78, 5) is 29.8. The molecule has 122 valence electrons. The van der Waals surface area contributed by atoms with Crippen LogP contribution in [0.5, 0.6) is 0 Å². The molecular formula is C15H19N5O2S. The minimum atomic E-state index is -0.381. The first-order valence-electron chi connectivity index (χ1n) is 7.64. The highest BCUT2D eigenvalue weighted by atomic mass is 32.1. The molecule has 3 rings (SSSR count). The molecule has 1 aliphatic heterocycles. The molecule has 2 aromatic heterocycles. The SMILES string of the molecule is CC1CCCN(Cc2csc(NC(=O)c3ccc(=O)[nH]n3)n2)C1. The molecule has 1 atom stereocenters. The van der Waals surface area contributed by atoms with Gasteiger partial charge in [-0.2, -0.15) is 5.10 Å². The van der Waals surface area contributed by atoms with Gasteiger partial charge in [-0.25, -0.2) is 10.1 Å². The van der Waals surface area contributed by atoms with Crippen molar-refractivity contribution in [3.05, 3.63) is 39.3 Å². The number of piperidine rings is 1. The summed E-state index contributed by atoms with van der Waals surface area (Å²) in [6.07, 6.45) is 2.52. The standard InChI is InChI=1S/C15H19N5O2S/c1-10-3-2-6-20(7-10)8-11-9-23-15(16-11)17-14(22)12-4-5-13(21)19-18-12/h4-5,9-10H,2-3,6-8H2,1H3,(H,19,21)(H,16,17,22). The topological polar surface area (TPSA) is 91.0 Å². The predicted molar refractivity (Wildman–Crippen MR) is 88.6 cm³/mol. The molecule has 0 spiro atoms. The van der Waals surface area contributed by atoms with Crippen LogP contribution in [0.4, 0.5) is 5.13 Å². The maximum absolute atomic E-state index is 12.0. The summed E-state index contributed by atoms with van der Waals surface area (Å²) in [5, 5.41) is 11.2. The summed E-state index contributed by atoms with van der Waals surface area (Å²) in [5.74, 6) is 0.349. The van der Waals surface area contributed by atoms with Gasteiger partial charge in [0.2, 0.25) is 0 Å². The number of thiazole rings is 1. The Morgan fingerprint density at radius 2 is 2.39 bits per heavy atom. The van der Waals surface area contributed by atoms with E-state index in [4.69, 9.17) is 0 Å². The van der Waals surface area contributed by atoms with Crippen molar-refractivity contribution in [1.29, 1.82) is 0 Å². The van der Waals surface area contributed by atoms with Crippen LogP contribution in [0.3, 0.4) is 0 Å². The first-order chi connectivity index (χ1) is 11.1. The fourth-order valence-corrected chi connectivity index (χ4v) is 3.43. The zero-order chi connectivity index (χ0) is 16.2. The molecule has 1 amide bonds. The van der Waals surface area contributed by atoms with Crippen molar-refractivity contribution in [2.45, 2.75) is 26.3 Å². The number of nitrogens with zero attached hydrogens (tertiary/aromatic N) is 3. The highest BCUT2D eigenvalue weighted by Gasteiger charge is 2.18. The summed E-state index contributed by atoms with van der Waals surface area (Å²) in [6.45, 7) is 5.29. The number of rotatable bonds is 4. The zero-order valence-corrected chi connectivity index (χ0v) is 13.7. The number of nitrogens with one attached hydrogen (secondary N) is 2. The van der Waals surface area contributed by atoms with Gasteiger partial charge >= 0.3 is 0 Å². The fraction of sp³-hybridized carbons (Fsp3) is 0.467. The van der Waals surface area contributed by atoms with Crippen molar-refractivity contribution < 1.29 is 4.79 Å². The number of aromatic amines is 1. The van der Waals surface area contributed by atoms with Gasteiger partial charge in [0.25, 0.3) is 11.5 Å². The van der Waals surface area contributed by atoms with E-state index < -0.39 is 0 Å². The van der Waals surface area contributed by atoms with Gasteiger partial charge in [0.05, 0.1) is 5.69 Å². The van der Waals surface area contributed by atoms with Crippen molar-refractivity contribution in [1.82, 2.24) is 20.1 Å². The van der Waals surface area contributed by atoms with Crippen LogP contribution in [0.1, 0.15) is 35.9 Å². The van der Waals surface area contributed by atoms with Crippen molar-refractivity contribution >= 4 is 22.4 Å². The van der Waals surface area contributed by atoms with E-state index in [1.54, 1.807) is 0 Å². The Bertz CT molecular complexity index is 721. The third-order valence-electron chi connectivity index (χ3n) is 3.81. The lowest BCUT2D eigenvalue weighted by molar-refractivity contribution is 0.102. The highest BCUT2D eigenvalue weighted by molar-refractivity contribution is 7.13.